The van der Waals surface area contributed by atoms with Crippen molar-refractivity contribution in [2.24, 2.45) is 0 Å². The van der Waals surface area contributed by atoms with E-state index in [4.69, 9.17) is 0 Å². The molecule has 0 bridgehead atoms. The first-order valence-corrected chi connectivity index (χ1v) is 15.6. The van der Waals surface area contributed by atoms with Gasteiger partial charge in [0, 0.05) is 34.9 Å². The molecule has 210 valence electrons. The van der Waals surface area contributed by atoms with Crippen molar-refractivity contribution in [2.45, 2.75) is 34.6 Å². The van der Waals surface area contributed by atoms with Gasteiger partial charge in [-0.15, -0.1) is 10.2 Å². The minimum Gasteiger partial charge on any atom is -0.325 e. The monoisotopic (exact) mass is 603 g/mol. The van der Waals surface area contributed by atoms with Crippen LogP contribution < -0.4 is 5.32 Å². The molecule has 3 aromatic carbocycles. The van der Waals surface area contributed by atoms with Crippen molar-refractivity contribution in [1.29, 1.82) is 0 Å². The highest BCUT2D eigenvalue weighted by atomic mass is 32.2. The van der Waals surface area contributed by atoms with Crippen molar-refractivity contribution in [3.63, 3.8) is 0 Å². The van der Waals surface area contributed by atoms with E-state index in [9.17, 15) is 22.0 Å². The van der Waals surface area contributed by atoms with Crippen molar-refractivity contribution in [3.8, 4) is 17.1 Å². The van der Waals surface area contributed by atoms with Crippen LogP contribution in [0.25, 0.3) is 17.1 Å². The molecule has 0 spiro atoms. The third-order valence-corrected chi connectivity index (χ3v) is 9.48. The van der Waals surface area contributed by atoms with Gasteiger partial charge in [-0.1, -0.05) is 67.7 Å². The van der Waals surface area contributed by atoms with E-state index >= 15 is 0 Å². The molecule has 0 atom stereocenters. The van der Waals surface area contributed by atoms with E-state index in [1.165, 1.54) is 28.2 Å². The van der Waals surface area contributed by atoms with Crippen LogP contribution in [-0.4, -0.2) is 58.0 Å². The van der Waals surface area contributed by atoms with E-state index in [-0.39, 0.29) is 16.6 Å². The van der Waals surface area contributed by atoms with Gasteiger partial charge in [-0.25, -0.2) is 8.42 Å². The van der Waals surface area contributed by atoms with Gasteiger partial charge in [0.2, 0.25) is 15.9 Å². The van der Waals surface area contributed by atoms with Crippen LogP contribution >= 0.6 is 23.5 Å². The maximum Gasteiger partial charge on any atom is 0.288 e. The summed E-state index contributed by atoms with van der Waals surface area (Å²) in [5.74, 6) is -2.39. The van der Waals surface area contributed by atoms with Crippen LogP contribution in [0.15, 0.2) is 93.8 Å². The zero-order valence-corrected chi connectivity index (χ0v) is 24.1. The number of carbonyl (C=O) groups is 1. The van der Waals surface area contributed by atoms with Gasteiger partial charge in [0.1, 0.15) is 0 Å². The zero-order chi connectivity index (χ0) is 28.7. The third kappa shape index (κ3) is 7.08. The molecular weight excluding hydrogens is 577 g/mol. The van der Waals surface area contributed by atoms with Crippen LogP contribution in [0.5, 0.6) is 0 Å². The Balaban J connectivity index is 1.58. The molecular formula is C27H27F2N5O3S3. The minimum absolute atomic E-state index is 0.00881. The molecule has 1 aromatic heterocycles. The van der Waals surface area contributed by atoms with E-state index in [0.29, 0.717) is 52.0 Å². The standard InChI is InChI=1S/C27H27F2N5O3S3/c1-3-33(4-2)40(36,37)23-12-8-9-19(17-23)25-31-32-27(34(25)21-10-6-5-7-11-21)38-18-24(35)30-20-13-15-22(16-14-20)39-26(28)29/h5-17,26H,3-4,18H2,1-2H3,(H,30,35). The van der Waals surface area contributed by atoms with Crippen LogP contribution in [-0.2, 0) is 14.8 Å². The Bertz CT molecular complexity index is 1550. The number of alkyl halides is 2. The molecule has 0 unspecified atom stereocenters. The Hall–Kier alpha value is -3.26. The van der Waals surface area contributed by atoms with Gasteiger partial charge in [0.15, 0.2) is 11.0 Å². The summed E-state index contributed by atoms with van der Waals surface area (Å²) in [5, 5.41) is 11.9. The van der Waals surface area contributed by atoms with Gasteiger partial charge >= 0.3 is 0 Å². The predicted octanol–water partition coefficient (Wildman–Crippen LogP) is 6.01. The molecule has 1 N–H and O–H groups in total. The first-order valence-electron chi connectivity index (χ1n) is 12.3. The summed E-state index contributed by atoms with van der Waals surface area (Å²) >= 11 is 1.60. The van der Waals surface area contributed by atoms with Crippen LogP contribution in [0.4, 0.5) is 14.5 Å². The molecule has 4 rings (SSSR count). The minimum atomic E-state index is -3.68. The lowest BCUT2D eigenvalue weighted by Crippen LogP contribution is -2.30. The Morgan fingerprint density at radius 2 is 1.68 bits per heavy atom. The number of halogens is 2. The Labute approximate surface area is 240 Å². The van der Waals surface area contributed by atoms with Crippen molar-refractivity contribution in [1.82, 2.24) is 19.1 Å². The zero-order valence-electron chi connectivity index (χ0n) is 21.7. The number of thioether (sulfide) groups is 2. The number of hydrogen-bond acceptors (Lipinski definition) is 7. The molecule has 0 aliphatic heterocycles. The summed E-state index contributed by atoms with van der Waals surface area (Å²) in [6.07, 6.45) is 0. The fraction of sp³-hybridized carbons (Fsp3) is 0.222. The van der Waals surface area contributed by atoms with E-state index in [1.54, 1.807) is 54.8 Å². The largest absolute Gasteiger partial charge is 0.325 e. The van der Waals surface area contributed by atoms with Gasteiger partial charge in [-0.2, -0.15) is 13.1 Å². The van der Waals surface area contributed by atoms with Crippen LogP contribution in [0, 0.1) is 0 Å². The van der Waals surface area contributed by atoms with E-state index in [1.807, 2.05) is 30.3 Å². The molecule has 0 fully saturated rings. The first kappa shape index (κ1) is 29.7. The highest BCUT2D eigenvalue weighted by Crippen LogP contribution is 2.30. The maximum atomic E-state index is 13.1. The fourth-order valence-corrected chi connectivity index (χ4v) is 6.67. The molecule has 0 aliphatic carbocycles. The second kappa shape index (κ2) is 13.4. The number of aromatic nitrogens is 3. The predicted molar refractivity (Wildman–Crippen MR) is 155 cm³/mol. The maximum absolute atomic E-state index is 13.1. The molecule has 0 saturated heterocycles. The quantitative estimate of drug-likeness (QED) is 0.198. The number of amides is 1. The Morgan fingerprint density at radius 3 is 2.33 bits per heavy atom. The van der Waals surface area contributed by atoms with Crippen molar-refractivity contribution < 1.29 is 22.0 Å². The van der Waals surface area contributed by atoms with Gasteiger partial charge < -0.3 is 5.32 Å². The molecule has 0 saturated carbocycles. The number of benzene rings is 3. The highest BCUT2D eigenvalue weighted by molar-refractivity contribution is 8.00. The average Bonchev–Trinajstić information content (AvgIpc) is 3.38. The van der Waals surface area contributed by atoms with Crippen molar-refractivity contribution >= 4 is 45.1 Å². The third-order valence-electron chi connectivity index (χ3n) is 5.78. The molecule has 8 nitrogen and oxygen atoms in total. The number of anilines is 1. The molecule has 0 radical (unpaired) electrons. The Kier molecular flexibility index (Phi) is 9.95. The summed E-state index contributed by atoms with van der Waals surface area (Å²) in [6.45, 7) is 4.28. The lowest BCUT2D eigenvalue weighted by molar-refractivity contribution is -0.113. The Morgan fingerprint density at radius 1 is 0.975 bits per heavy atom. The number of para-hydroxylation sites is 1. The second-order valence-electron chi connectivity index (χ2n) is 8.33. The number of sulfonamides is 1. The summed E-state index contributed by atoms with van der Waals surface area (Å²) in [7, 11) is -3.68. The molecule has 13 heteroatoms. The SMILES string of the molecule is CCN(CC)S(=O)(=O)c1cccc(-c2nnc(SCC(=O)Nc3ccc(SC(F)F)cc3)n2-c2ccccc2)c1. The normalized spacial score (nSPS) is 11.8. The number of hydrogen-bond donors (Lipinski definition) is 1. The molecule has 40 heavy (non-hydrogen) atoms. The summed E-state index contributed by atoms with van der Waals surface area (Å²) in [4.78, 5) is 13.2. The lowest BCUT2D eigenvalue weighted by Gasteiger charge is -2.19. The molecule has 0 aliphatic rings. The molecule has 1 amide bonds. The van der Waals surface area contributed by atoms with E-state index in [0.717, 1.165) is 5.69 Å². The number of nitrogens with zero attached hydrogens (tertiary/aromatic N) is 4. The highest BCUT2D eigenvalue weighted by Gasteiger charge is 2.24. The van der Waals surface area contributed by atoms with Crippen molar-refractivity contribution in [2.75, 3.05) is 24.2 Å². The lowest BCUT2D eigenvalue weighted by atomic mass is 10.2. The topological polar surface area (TPSA) is 97.2 Å². The number of nitrogens with one attached hydrogen (secondary N) is 1. The second-order valence-corrected chi connectivity index (χ2v) is 12.3. The summed E-state index contributed by atoms with van der Waals surface area (Å²) in [6, 6.07) is 22.1. The van der Waals surface area contributed by atoms with Gasteiger partial charge in [0.05, 0.1) is 10.6 Å². The van der Waals surface area contributed by atoms with Gasteiger partial charge in [-0.05, 0) is 48.5 Å². The smallest absolute Gasteiger partial charge is 0.288 e. The summed E-state index contributed by atoms with van der Waals surface area (Å²) in [5.41, 5.74) is 1.79. The molecule has 1 heterocycles. The number of carbonyl (C=O) groups excluding carboxylic acids is 1. The van der Waals surface area contributed by atoms with E-state index in [2.05, 4.69) is 15.5 Å². The van der Waals surface area contributed by atoms with Gasteiger partial charge in [-0.3, -0.25) is 9.36 Å². The van der Waals surface area contributed by atoms with Crippen LogP contribution in [0.2, 0.25) is 0 Å². The van der Waals surface area contributed by atoms with Crippen LogP contribution in [0.3, 0.4) is 0 Å². The fourth-order valence-electron chi connectivity index (χ4n) is 3.92. The molecule has 4 aromatic rings. The average molecular weight is 604 g/mol. The van der Waals surface area contributed by atoms with E-state index < -0.39 is 15.8 Å². The van der Waals surface area contributed by atoms with Crippen molar-refractivity contribution in [3.05, 3.63) is 78.9 Å². The van der Waals surface area contributed by atoms with Crippen LogP contribution in [0.1, 0.15) is 13.8 Å². The summed E-state index contributed by atoms with van der Waals surface area (Å²) < 4.78 is 54.5. The first-order chi connectivity index (χ1) is 19.2. The number of rotatable bonds is 12. The van der Waals surface area contributed by atoms with Gasteiger partial charge in [0.25, 0.3) is 5.76 Å².